The molecule has 0 fully saturated rings. The molecule has 0 unspecified atom stereocenters. The maximum Gasteiger partial charge on any atom is 0.143 e. The second-order valence-electron chi connectivity index (χ2n) is 5.45. The first-order valence-electron chi connectivity index (χ1n) is 6.05. The van der Waals surface area contributed by atoms with Gasteiger partial charge in [0.15, 0.2) is 0 Å². The number of anilines is 1. The molecule has 0 aliphatic carbocycles. The largest absolute Gasteiger partial charge is 0.486 e. The van der Waals surface area contributed by atoms with Gasteiger partial charge in [0.05, 0.1) is 5.69 Å². The molecular weight excluding hydrogens is 198 g/mol. The SMILES string of the molecule is CC(C)c1ccc2c(c1)OC(C)(C)CCN2. The van der Waals surface area contributed by atoms with E-state index in [1.54, 1.807) is 0 Å². The van der Waals surface area contributed by atoms with Gasteiger partial charge in [-0.15, -0.1) is 0 Å². The number of fused-ring (bicyclic) bond motifs is 1. The smallest absolute Gasteiger partial charge is 0.143 e. The lowest BCUT2D eigenvalue weighted by molar-refractivity contribution is 0.108. The average molecular weight is 219 g/mol. The van der Waals surface area contributed by atoms with Gasteiger partial charge in [0, 0.05) is 13.0 Å². The van der Waals surface area contributed by atoms with Gasteiger partial charge < -0.3 is 10.1 Å². The molecule has 0 saturated heterocycles. The highest BCUT2D eigenvalue weighted by Gasteiger charge is 2.24. The Bertz CT molecular complexity index is 382. The Kier molecular flexibility index (Phi) is 2.83. The van der Waals surface area contributed by atoms with E-state index in [2.05, 4.69) is 51.2 Å². The van der Waals surface area contributed by atoms with E-state index in [0.29, 0.717) is 5.92 Å². The van der Waals surface area contributed by atoms with E-state index in [4.69, 9.17) is 4.74 Å². The highest BCUT2D eigenvalue weighted by atomic mass is 16.5. The predicted octanol–water partition coefficient (Wildman–Crippen LogP) is 3.78. The Hall–Kier alpha value is -1.18. The minimum atomic E-state index is -0.0755. The molecule has 2 heteroatoms. The van der Waals surface area contributed by atoms with E-state index < -0.39 is 0 Å². The quantitative estimate of drug-likeness (QED) is 0.776. The minimum Gasteiger partial charge on any atom is -0.486 e. The summed E-state index contributed by atoms with van der Waals surface area (Å²) in [6, 6.07) is 6.48. The van der Waals surface area contributed by atoms with Gasteiger partial charge in [0.25, 0.3) is 0 Å². The molecule has 0 atom stereocenters. The fraction of sp³-hybridized carbons (Fsp3) is 0.571. The van der Waals surface area contributed by atoms with Crippen LogP contribution < -0.4 is 10.1 Å². The summed E-state index contributed by atoms with van der Waals surface area (Å²) >= 11 is 0. The number of nitrogens with one attached hydrogen (secondary N) is 1. The molecule has 1 N–H and O–H groups in total. The van der Waals surface area contributed by atoms with Crippen molar-refractivity contribution >= 4 is 5.69 Å². The van der Waals surface area contributed by atoms with Crippen molar-refractivity contribution in [2.24, 2.45) is 0 Å². The van der Waals surface area contributed by atoms with Gasteiger partial charge in [0.1, 0.15) is 11.4 Å². The second kappa shape index (κ2) is 4.00. The first-order chi connectivity index (χ1) is 7.48. The van der Waals surface area contributed by atoms with Crippen LogP contribution in [0.25, 0.3) is 0 Å². The molecule has 1 aliphatic rings. The van der Waals surface area contributed by atoms with Gasteiger partial charge in [-0.25, -0.2) is 0 Å². The zero-order valence-electron chi connectivity index (χ0n) is 10.6. The van der Waals surface area contributed by atoms with Crippen molar-refractivity contribution in [2.45, 2.75) is 45.6 Å². The number of ether oxygens (including phenoxy) is 1. The lowest BCUT2D eigenvalue weighted by atomic mass is 10.0. The Labute approximate surface area is 98.0 Å². The van der Waals surface area contributed by atoms with Gasteiger partial charge in [-0.2, -0.15) is 0 Å². The molecule has 1 heterocycles. The van der Waals surface area contributed by atoms with Crippen molar-refractivity contribution in [3.63, 3.8) is 0 Å². The van der Waals surface area contributed by atoms with Crippen LogP contribution in [0.15, 0.2) is 18.2 Å². The fourth-order valence-corrected chi connectivity index (χ4v) is 1.98. The molecule has 88 valence electrons. The molecule has 16 heavy (non-hydrogen) atoms. The summed E-state index contributed by atoms with van der Waals surface area (Å²) < 4.78 is 6.07. The molecule has 2 rings (SSSR count). The van der Waals surface area contributed by atoms with Crippen LogP contribution in [0.4, 0.5) is 5.69 Å². The number of hydrogen-bond acceptors (Lipinski definition) is 2. The summed E-state index contributed by atoms with van der Waals surface area (Å²) in [5.41, 5.74) is 2.38. The third-order valence-corrected chi connectivity index (χ3v) is 3.10. The monoisotopic (exact) mass is 219 g/mol. The number of rotatable bonds is 1. The summed E-state index contributed by atoms with van der Waals surface area (Å²) in [7, 11) is 0. The Morgan fingerprint density at radius 2 is 2.06 bits per heavy atom. The van der Waals surface area contributed by atoms with E-state index in [-0.39, 0.29) is 5.60 Å². The maximum atomic E-state index is 6.07. The van der Waals surface area contributed by atoms with Gasteiger partial charge in [0.2, 0.25) is 0 Å². The molecule has 0 spiro atoms. The molecule has 1 aliphatic heterocycles. The van der Waals surface area contributed by atoms with Gasteiger partial charge in [-0.1, -0.05) is 19.9 Å². The maximum absolute atomic E-state index is 6.07. The first kappa shape index (κ1) is 11.3. The van der Waals surface area contributed by atoms with Gasteiger partial charge in [-0.3, -0.25) is 0 Å². The molecule has 1 aromatic rings. The highest BCUT2D eigenvalue weighted by Crippen LogP contribution is 2.34. The average Bonchev–Trinajstić information content (AvgIpc) is 2.33. The highest BCUT2D eigenvalue weighted by molar-refractivity contribution is 5.59. The van der Waals surface area contributed by atoms with E-state index in [9.17, 15) is 0 Å². The molecule has 0 radical (unpaired) electrons. The van der Waals surface area contributed by atoms with E-state index in [1.165, 1.54) is 5.56 Å². The van der Waals surface area contributed by atoms with Gasteiger partial charge >= 0.3 is 0 Å². The summed E-state index contributed by atoms with van der Waals surface area (Å²) in [6.45, 7) is 9.67. The van der Waals surface area contributed by atoms with Crippen LogP contribution in [0, 0.1) is 0 Å². The molecule has 0 bridgehead atoms. The fourth-order valence-electron chi connectivity index (χ4n) is 1.98. The van der Waals surface area contributed by atoms with Gasteiger partial charge in [-0.05, 0) is 37.5 Å². The first-order valence-corrected chi connectivity index (χ1v) is 6.05. The van der Waals surface area contributed by atoms with Crippen LogP contribution in [-0.2, 0) is 0 Å². The van der Waals surface area contributed by atoms with Crippen molar-refractivity contribution in [1.82, 2.24) is 0 Å². The lowest BCUT2D eigenvalue weighted by Gasteiger charge is -2.24. The van der Waals surface area contributed by atoms with Crippen molar-refractivity contribution < 1.29 is 4.74 Å². The second-order valence-corrected chi connectivity index (χ2v) is 5.45. The van der Waals surface area contributed by atoms with Crippen LogP contribution in [0.2, 0.25) is 0 Å². The van der Waals surface area contributed by atoms with Crippen LogP contribution in [-0.4, -0.2) is 12.1 Å². The van der Waals surface area contributed by atoms with Crippen LogP contribution >= 0.6 is 0 Å². The Morgan fingerprint density at radius 1 is 1.31 bits per heavy atom. The zero-order chi connectivity index (χ0) is 11.8. The standard InChI is InChI=1S/C14H21NO/c1-10(2)11-5-6-12-13(9-11)16-14(3,4)7-8-15-12/h5-6,9-10,15H,7-8H2,1-4H3. The van der Waals surface area contributed by atoms with Crippen molar-refractivity contribution in [1.29, 1.82) is 0 Å². The lowest BCUT2D eigenvalue weighted by Crippen LogP contribution is -2.28. The molecule has 1 aromatic carbocycles. The third-order valence-electron chi connectivity index (χ3n) is 3.10. The molecule has 2 nitrogen and oxygen atoms in total. The summed E-state index contributed by atoms with van der Waals surface area (Å²) in [4.78, 5) is 0. The van der Waals surface area contributed by atoms with Crippen molar-refractivity contribution in [3.8, 4) is 5.75 Å². The van der Waals surface area contributed by atoms with E-state index >= 15 is 0 Å². The summed E-state index contributed by atoms with van der Waals surface area (Å²) in [5.74, 6) is 1.54. The topological polar surface area (TPSA) is 21.3 Å². The van der Waals surface area contributed by atoms with Crippen LogP contribution in [0.5, 0.6) is 5.75 Å². The Morgan fingerprint density at radius 3 is 2.75 bits per heavy atom. The third kappa shape index (κ3) is 2.31. The minimum absolute atomic E-state index is 0.0755. The number of benzene rings is 1. The Balaban J connectivity index is 2.37. The van der Waals surface area contributed by atoms with Crippen molar-refractivity contribution in [3.05, 3.63) is 23.8 Å². The van der Waals surface area contributed by atoms with Crippen molar-refractivity contribution in [2.75, 3.05) is 11.9 Å². The molecule has 0 amide bonds. The molecule has 0 saturated carbocycles. The number of hydrogen-bond donors (Lipinski definition) is 1. The summed E-state index contributed by atoms with van der Waals surface area (Å²) in [5, 5.41) is 3.42. The molecule has 0 aromatic heterocycles. The molecular formula is C14H21NO. The normalized spacial score (nSPS) is 18.3. The van der Waals surface area contributed by atoms with Crippen LogP contribution in [0.1, 0.15) is 45.6 Å². The van der Waals surface area contributed by atoms with E-state index in [0.717, 1.165) is 24.4 Å². The van der Waals surface area contributed by atoms with E-state index in [1.807, 2.05) is 0 Å². The predicted molar refractivity (Wildman–Crippen MR) is 68.3 cm³/mol. The van der Waals surface area contributed by atoms with Crippen LogP contribution in [0.3, 0.4) is 0 Å². The zero-order valence-corrected chi connectivity index (χ0v) is 10.6. The summed E-state index contributed by atoms with van der Waals surface area (Å²) in [6.07, 6.45) is 1.03.